The molecule has 0 saturated carbocycles. The molecule has 0 radical (unpaired) electrons. The van der Waals surface area contributed by atoms with Gasteiger partial charge in [0.2, 0.25) is 0 Å². The molecule has 1 saturated heterocycles. The number of nitrogens with zero attached hydrogens (tertiary/aromatic N) is 4. The van der Waals surface area contributed by atoms with E-state index in [0.717, 1.165) is 29.6 Å². The Morgan fingerprint density at radius 2 is 2.36 bits per heavy atom. The highest BCUT2D eigenvalue weighted by Gasteiger charge is 2.29. The molecule has 1 aliphatic heterocycles. The van der Waals surface area contributed by atoms with Gasteiger partial charge in [0.1, 0.15) is 5.65 Å². The van der Waals surface area contributed by atoms with E-state index in [1.165, 1.54) is 0 Å². The van der Waals surface area contributed by atoms with Crippen LogP contribution in [0.5, 0.6) is 0 Å². The quantitative estimate of drug-likeness (QED) is 0.787. The number of hydrogen-bond donors (Lipinski definition) is 1. The number of nitrogens with one attached hydrogen (secondary N) is 1. The molecule has 22 heavy (non-hydrogen) atoms. The van der Waals surface area contributed by atoms with Crippen LogP contribution in [-0.2, 0) is 0 Å². The van der Waals surface area contributed by atoms with Crippen LogP contribution >= 0.6 is 0 Å². The molecule has 4 heterocycles. The van der Waals surface area contributed by atoms with Crippen molar-refractivity contribution < 1.29 is 4.79 Å². The van der Waals surface area contributed by atoms with Crippen LogP contribution in [0.4, 0.5) is 0 Å². The summed E-state index contributed by atoms with van der Waals surface area (Å²) in [5, 5.41) is 5.25. The molecule has 1 N–H and O–H groups in total. The van der Waals surface area contributed by atoms with Gasteiger partial charge in [-0.15, -0.1) is 0 Å². The Balaban J connectivity index is 1.57. The number of hydrogen-bond acceptors (Lipinski definition) is 3. The van der Waals surface area contributed by atoms with E-state index in [1.54, 1.807) is 12.4 Å². The lowest BCUT2D eigenvalue weighted by atomic mass is 10.2. The Bertz CT molecular complexity index is 834. The predicted octanol–water partition coefficient (Wildman–Crippen LogP) is 2.16. The fraction of sp³-hybridized carbons (Fsp3) is 0.312. The van der Waals surface area contributed by atoms with E-state index in [9.17, 15) is 4.79 Å². The van der Waals surface area contributed by atoms with Gasteiger partial charge in [-0.1, -0.05) is 0 Å². The van der Waals surface area contributed by atoms with Crippen molar-refractivity contribution in [3.05, 3.63) is 48.0 Å². The van der Waals surface area contributed by atoms with Crippen molar-refractivity contribution in [1.82, 2.24) is 24.6 Å². The van der Waals surface area contributed by atoms with Crippen molar-refractivity contribution in [2.45, 2.75) is 19.4 Å². The Hall–Kier alpha value is -2.63. The molecule has 6 heteroatoms. The fourth-order valence-corrected chi connectivity index (χ4v) is 3.08. The summed E-state index contributed by atoms with van der Waals surface area (Å²) in [6.45, 7) is 3.49. The molecule has 3 aromatic heterocycles. The largest absolute Gasteiger partial charge is 0.345 e. The SMILES string of the molecule is Cc1cnn(C2CCN(C(=O)c3c[nH]c4ncccc34)C2)c1. The van der Waals surface area contributed by atoms with E-state index in [-0.39, 0.29) is 11.9 Å². The molecule has 0 aliphatic carbocycles. The molecule has 1 amide bonds. The lowest BCUT2D eigenvalue weighted by molar-refractivity contribution is 0.0789. The van der Waals surface area contributed by atoms with Gasteiger partial charge < -0.3 is 9.88 Å². The monoisotopic (exact) mass is 295 g/mol. The van der Waals surface area contributed by atoms with Crippen LogP contribution in [0.2, 0.25) is 0 Å². The number of pyridine rings is 1. The minimum atomic E-state index is 0.0608. The molecule has 6 nitrogen and oxygen atoms in total. The second-order valence-corrected chi connectivity index (χ2v) is 5.79. The summed E-state index contributed by atoms with van der Waals surface area (Å²) >= 11 is 0. The van der Waals surface area contributed by atoms with Gasteiger partial charge in [0.25, 0.3) is 5.91 Å². The third-order valence-electron chi connectivity index (χ3n) is 4.24. The van der Waals surface area contributed by atoms with Crippen molar-refractivity contribution in [3.8, 4) is 0 Å². The van der Waals surface area contributed by atoms with Crippen LogP contribution in [0, 0.1) is 6.92 Å². The molecular weight excluding hydrogens is 278 g/mol. The van der Waals surface area contributed by atoms with Gasteiger partial charge in [-0.3, -0.25) is 9.48 Å². The van der Waals surface area contributed by atoms with E-state index >= 15 is 0 Å². The van der Waals surface area contributed by atoms with Crippen molar-refractivity contribution >= 4 is 16.9 Å². The van der Waals surface area contributed by atoms with Crippen LogP contribution in [-0.4, -0.2) is 43.6 Å². The fourth-order valence-electron chi connectivity index (χ4n) is 3.08. The standard InChI is InChI=1S/C16H17N5O/c1-11-7-19-21(9-11)12-4-6-20(10-12)16(22)14-8-18-15-13(14)3-2-5-17-15/h2-3,5,7-9,12H,4,6,10H2,1H3,(H,17,18). The smallest absolute Gasteiger partial charge is 0.256 e. The number of H-pyrrole nitrogens is 1. The van der Waals surface area contributed by atoms with E-state index in [2.05, 4.69) is 15.1 Å². The summed E-state index contributed by atoms with van der Waals surface area (Å²) in [6.07, 6.45) is 8.31. The van der Waals surface area contributed by atoms with Gasteiger partial charge in [-0.05, 0) is 31.0 Å². The van der Waals surface area contributed by atoms with Crippen molar-refractivity contribution in [1.29, 1.82) is 0 Å². The topological polar surface area (TPSA) is 66.8 Å². The highest BCUT2D eigenvalue weighted by atomic mass is 16.2. The number of carbonyl (C=O) groups is 1. The first-order valence-corrected chi connectivity index (χ1v) is 7.44. The molecule has 1 fully saturated rings. The van der Waals surface area contributed by atoms with Crippen LogP contribution in [0.25, 0.3) is 11.0 Å². The van der Waals surface area contributed by atoms with Crippen LogP contribution < -0.4 is 0 Å². The number of aryl methyl sites for hydroxylation is 1. The molecule has 4 rings (SSSR count). The Morgan fingerprint density at radius 1 is 1.45 bits per heavy atom. The van der Waals surface area contributed by atoms with Gasteiger partial charge >= 0.3 is 0 Å². The van der Waals surface area contributed by atoms with Crippen molar-refractivity contribution in [2.75, 3.05) is 13.1 Å². The lowest BCUT2D eigenvalue weighted by Gasteiger charge is -2.16. The third-order valence-corrected chi connectivity index (χ3v) is 4.24. The zero-order chi connectivity index (χ0) is 15.1. The molecule has 112 valence electrons. The Labute approximate surface area is 127 Å². The van der Waals surface area contributed by atoms with Gasteiger partial charge in [-0.25, -0.2) is 4.98 Å². The number of fused-ring (bicyclic) bond motifs is 1. The number of amides is 1. The number of carbonyl (C=O) groups excluding carboxylic acids is 1. The van der Waals surface area contributed by atoms with Crippen molar-refractivity contribution in [3.63, 3.8) is 0 Å². The summed E-state index contributed by atoms with van der Waals surface area (Å²) in [4.78, 5) is 22.0. The minimum Gasteiger partial charge on any atom is -0.345 e. The Kier molecular flexibility index (Phi) is 2.96. The maximum absolute atomic E-state index is 12.8. The van der Waals surface area contributed by atoms with E-state index in [4.69, 9.17) is 0 Å². The second-order valence-electron chi connectivity index (χ2n) is 5.79. The van der Waals surface area contributed by atoms with Crippen LogP contribution in [0.15, 0.2) is 36.9 Å². The number of aromatic nitrogens is 4. The van der Waals surface area contributed by atoms with E-state index in [0.29, 0.717) is 12.1 Å². The molecule has 1 atom stereocenters. The maximum atomic E-state index is 12.8. The molecule has 1 unspecified atom stereocenters. The highest BCUT2D eigenvalue weighted by Crippen LogP contribution is 2.25. The lowest BCUT2D eigenvalue weighted by Crippen LogP contribution is -2.29. The van der Waals surface area contributed by atoms with E-state index < -0.39 is 0 Å². The molecule has 0 spiro atoms. The molecule has 0 aromatic carbocycles. The number of aromatic amines is 1. The zero-order valence-corrected chi connectivity index (χ0v) is 12.4. The van der Waals surface area contributed by atoms with E-state index in [1.807, 2.05) is 41.0 Å². The van der Waals surface area contributed by atoms with Gasteiger partial charge in [0, 0.05) is 37.1 Å². The van der Waals surface area contributed by atoms with Gasteiger partial charge in [-0.2, -0.15) is 5.10 Å². The molecule has 0 bridgehead atoms. The highest BCUT2D eigenvalue weighted by molar-refractivity contribution is 6.05. The molecular formula is C16H17N5O. The summed E-state index contributed by atoms with van der Waals surface area (Å²) in [7, 11) is 0. The molecule has 3 aromatic rings. The van der Waals surface area contributed by atoms with Crippen LogP contribution in [0.1, 0.15) is 28.4 Å². The normalized spacial score (nSPS) is 18.2. The third kappa shape index (κ3) is 2.07. The van der Waals surface area contributed by atoms with Crippen LogP contribution in [0.3, 0.4) is 0 Å². The average molecular weight is 295 g/mol. The summed E-state index contributed by atoms with van der Waals surface area (Å²) in [5.74, 6) is 0.0608. The first kappa shape index (κ1) is 13.1. The zero-order valence-electron chi connectivity index (χ0n) is 12.4. The van der Waals surface area contributed by atoms with Crippen molar-refractivity contribution in [2.24, 2.45) is 0 Å². The van der Waals surface area contributed by atoms with Gasteiger partial charge in [0.15, 0.2) is 0 Å². The number of likely N-dealkylation sites (tertiary alicyclic amines) is 1. The second kappa shape index (κ2) is 4.98. The summed E-state index contributed by atoms with van der Waals surface area (Å²) in [5.41, 5.74) is 2.59. The summed E-state index contributed by atoms with van der Waals surface area (Å²) < 4.78 is 1.97. The molecule has 1 aliphatic rings. The number of rotatable bonds is 2. The summed E-state index contributed by atoms with van der Waals surface area (Å²) in [6, 6.07) is 4.05. The maximum Gasteiger partial charge on any atom is 0.256 e. The minimum absolute atomic E-state index is 0.0608. The first-order chi connectivity index (χ1) is 10.7. The van der Waals surface area contributed by atoms with Gasteiger partial charge in [0.05, 0.1) is 17.8 Å². The average Bonchev–Trinajstić information content (AvgIpc) is 3.25. The Morgan fingerprint density at radius 3 is 3.18 bits per heavy atom. The predicted molar refractivity (Wildman–Crippen MR) is 82.6 cm³/mol. The first-order valence-electron chi connectivity index (χ1n) is 7.44.